The number of hydrogen-bond donors (Lipinski definition) is 2. The molecular formula is C14H25N5O. The summed E-state index contributed by atoms with van der Waals surface area (Å²) in [6.07, 6.45) is 0. The standard InChI is InChI=1S/C14H25N5O/c1-7-19(8-10(15)20)12-9(2)11(16-6)17-13(18-12)14(3,4)5/h7-8H2,1-6H3,(H2,15,20)(H,16,17,18). The predicted molar refractivity (Wildman–Crippen MR) is 82.1 cm³/mol. The van der Waals surface area contributed by atoms with E-state index in [1.165, 1.54) is 0 Å². The molecule has 0 aromatic carbocycles. The summed E-state index contributed by atoms with van der Waals surface area (Å²) in [5.41, 5.74) is 6.06. The second kappa shape index (κ2) is 6.07. The van der Waals surface area contributed by atoms with Gasteiger partial charge < -0.3 is 16.0 Å². The molecule has 0 atom stereocenters. The summed E-state index contributed by atoms with van der Waals surface area (Å²) >= 11 is 0. The lowest BCUT2D eigenvalue weighted by Gasteiger charge is -2.26. The molecule has 1 aromatic heterocycles. The normalized spacial score (nSPS) is 11.3. The van der Waals surface area contributed by atoms with Gasteiger partial charge in [-0.2, -0.15) is 0 Å². The van der Waals surface area contributed by atoms with Crippen LogP contribution in [0, 0.1) is 6.92 Å². The van der Waals surface area contributed by atoms with Gasteiger partial charge in [-0.25, -0.2) is 9.97 Å². The van der Waals surface area contributed by atoms with Gasteiger partial charge in [0, 0.05) is 24.6 Å². The van der Waals surface area contributed by atoms with Gasteiger partial charge in [0.15, 0.2) is 0 Å². The minimum absolute atomic E-state index is 0.154. The molecule has 1 heterocycles. The van der Waals surface area contributed by atoms with E-state index in [0.29, 0.717) is 6.54 Å². The van der Waals surface area contributed by atoms with Crippen LogP contribution in [0.25, 0.3) is 0 Å². The van der Waals surface area contributed by atoms with Crippen molar-refractivity contribution in [1.82, 2.24) is 9.97 Å². The second-order valence-electron chi connectivity index (χ2n) is 5.82. The number of carbonyl (C=O) groups excluding carboxylic acids is 1. The van der Waals surface area contributed by atoms with E-state index < -0.39 is 0 Å². The van der Waals surface area contributed by atoms with Crippen LogP contribution in [-0.2, 0) is 10.2 Å². The molecule has 1 rings (SSSR count). The highest BCUT2D eigenvalue weighted by atomic mass is 16.1. The molecular weight excluding hydrogens is 254 g/mol. The number of aromatic nitrogens is 2. The third-order valence-corrected chi connectivity index (χ3v) is 3.06. The molecule has 0 bridgehead atoms. The number of nitrogens with two attached hydrogens (primary N) is 1. The summed E-state index contributed by atoms with van der Waals surface area (Å²) < 4.78 is 0. The number of hydrogen-bond acceptors (Lipinski definition) is 5. The van der Waals surface area contributed by atoms with Gasteiger partial charge in [0.05, 0.1) is 6.54 Å². The monoisotopic (exact) mass is 279 g/mol. The average Bonchev–Trinajstić information content (AvgIpc) is 2.34. The van der Waals surface area contributed by atoms with E-state index in [1.54, 1.807) is 0 Å². The Morgan fingerprint density at radius 1 is 1.35 bits per heavy atom. The summed E-state index contributed by atoms with van der Waals surface area (Å²) in [5, 5.41) is 3.09. The molecule has 0 spiro atoms. The first-order valence-corrected chi connectivity index (χ1v) is 6.80. The van der Waals surface area contributed by atoms with E-state index in [2.05, 4.69) is 36.1 Å². The summed E-state index contributed by atoms with van der Waals surface area (Å²) in [4.78, 5) is 22.3. The van der Waals surface area contributed by atoms with Crippen molar-refractivity contribution < 1.29 is 4.79 Å². The molecule has 0 radical (unpaired) electrons. The number of primary amides is 1. The lowest BCUT2D eigenvalue weighted by molar-refractivity contribution is -0.116. The average molecular weight is 279 g/mol. The fourth-order valence-electron chi connectivity index (χ4n) is 1.92. The molecule has 0 fully saturated rings. The van der Waals surface area contributed by atoms with Crippen LogP contribution in [0.4, 0.5) is 11.6 Å². The molecule has 6 nitrogen and oxygen atoms in total. The molecule has 3 N–H and O–H groups in total. The van der Waals surface area contributed by atoms with Gasteiger partial charge in [-0.3, -0.25) is 4.79 Å². The number of amides is 1. The molecule has 20 heavy (non-hydrogen) atoms. The van der Waals surface area contributed by atoms with Crippen LogP contribution in [0.15, 0.2) is 0 Å². The van der Waals surface area contributed by atoms with Crippen molar-refractivity contribution in [2.45, 2.75) is 40.0 Å². The third-order valence-electron chi connectivity index (χ3n) is 3.06. The van der Waals surface area contributed by atoms with E-state index >= 15 is 0 Å². The highest BCUT2D eigenvalue weighted by molar-refractivity contribution is 5.79. The Labute approximate surface area is 120 Å². The van der Waals surface area contributed by atoms with Crippen molar-refractivity contribution in [3.05, 3.63) is 11.4 Å². The van der Waals surface area contributed by atoms with Crippen molar-refractivity contribution in [2.75, 3.05) is 30.4 Å². The molecule has 0 saturated heterocycles. The van der Waals surface area contributed by atoms with Gasteiger partial charge in [0.1, 0.15) is 17.5 Å². The van der Waals surface area contributed by atoms with Gasteiger partial charge in [-0.05, 0) is 13.8 Å². The van der Waals surface area contributed by atoms with Crippen LogP contribution < -0.4 is 16.0 Å². The van der Waals surface area contributed by atoms with E-state index in [9.17, 15) is 4.79 Å². The Balaban J connectivity index is 3.39. The zero-order chi connectivity index (χ0) is 15.5. The molecule has 1 aromatic rings. The molecule has 0 aliphatic carbocycles. The van der Waals surface area contributed by atoms with Crippen LogP contribution in [0.1, 0.15) is 39.1 Å². The zero-order valence-corrected chi connectivity index (χ0v) is 13.2. The van der Waals surface area contributed by atoms with Crippen molar-refractivity contribution in [3.63, 3.8) is 0 Å². The lowest BCUT2D eigenvalue weighted by atomic mass is 9.95. The second-order valence-corrected chi connectivity index (χ2v) is 5.82. The fourth-order valence-corrected chi connectivity index (χ4v) is 1.92. The van der Waals surface area contributed by atoms with Crippen LogP contribution in [0.5, 0.6) is 0 Å². The minimum atomic E-state index is -0.367. The number of carbonyl (C=O) groups is 1. The molecule has 0 saturated carbocycles. The van der Waals surface area contributed by atoms with Crippen molar-refractivity contribution in [1.29, 1.82) is 0 Å². The van der Waals surface area contributed by atoms with Crippen molar-refractivity contribution in [3.8, 4) is 0 Å². The molecule has 6 heteroatoms. The Hall–Kier alpha value is -1.85. The predicted octanol–water partition coefficient (Wildman–Crippen LogP) is 1.44. The quantitative estimate of drug-likeness (QED) is 0.852. The topological polar surface area (TPSA) is 84.1 Å². The van der Waals surface area contributed by atoms with Crippen LogP contribution in [-0.4, -0.2) is 36.0 Å². The van der Waals surface area contributed by atoms with E-state index in [4.69, 9.17) is 5.73 Å². The lowest BCUT2D eigenvalue weighted by Crippen LogP contribution is -2.35. The Bertz CT molecular complexity index is 493. The van der Waals surface area contributed by atoms with Gasteiger partial charge in [0.2, 0.25) is 5.91 Å². The summed E-state index contributed by atoms with van der Waals surface area (Å²) in [6.45, 7) is 10.9. The number of nitrogens with zero attached hydrogens (tertiary/aromatic N) is 3. The smallest absolute Gasteiger partial charge is 0.236 e. The van der Waals surface area contributed by atoms with Crippen LogP contribution in [0.2, 0.25) is 0 Å². The van der Waals surface area contributed by atoms with Crippen molar-refractivity contribution in [2.24, 2.45) is 5.73 Å². The molecule has 112 valence electrons. The van der Waals surface area contributed by atoms with E-state index in [1.807, 2.05) is 25.8 Å². The first kappa shape index (κ1) is 16.2. The molecule has 0 aliphatic rings. The maximum atomic E-state index is 11.2. The summed E-state index contributed by atoms with van der Waals surface area (Å²) in [7, 11) is 1.83. The maximum absolute atomic E-state index is 11.2. The summed E-state index contributed by atoms with van der Waals surface area (Å²) in [6, 6.07) is 0. The SMILES string of the molecule is CCN(CC(N)=O)c1nc(C(C)(C)C)nc(NC)c1C. The largest absolute Gasteiger partial charge is 0.373 e. The summed E-state index contributed by atoms with van der Waals surface area (Å²) in [5.74, 6) is 1.91. The Morgan fingerprint density at radius 2 is 1.95 bits per heavy atom. The zero-order valence-electron chi connectivity index (χ0n) is 13.2. The van der Waals surface area contributed by atoms with Crippen molar-refractivity contribution >= 4 is 17.5 Å². The number of nitrogens with one attached hydrogen (secondary N) is 1. The number of rotatable bonds is 5. The maximum Gasteiger partial charge on any atom is 0.236 e. The molecule has 0 unspecified atom stereocenters. The molecule has 0 aliphatic heterocycles. The fraction of sp³-hybridized carbons (Fsp3) is 0.643. The number of likely N-dealkylation sites (N-methyl/N-ethyl adjacent to an activating group) is 1. The molecule has 1 amide bonds. The van der Waals surface area contributed by atoms with Crippen LogP contribution >= 0.6 is 0 Å². The van der Waals surface area contributed by atoms with Crippen LogP contribution in [0.3, 0.4) is 0 Å². The number of anilines is 2. The first-order valence-electron chi connectivity index (χ1n) is 6.80. The highest BCUT2D eigenvalue weighted by Gasteiger charge is 2.23. The Morgan fingerprint density at radius 3 is 2.35 bits per heavy atom. The van der Waals surface area contributed by atoms with Gasteiger partial charge >= 0.3 is 0 Å². The third kappa shape index (κ3) is 3.59. The van der Waals surface area contributed by atoms with E-state index in [-0.39, 0.29) is 17.9 Å². The van der Waals surface area contributed by atoms with E-state index in [0.717, 1.165) is 23.0 Å². The van der Waals surface area contributed by atoms with Gasteiger partial charge in [0.25, 0.3) is 0 Å². The highest BCUT2D eigenvalue weighted by Crippen LogP contribution is 2.28. The Kier molecular flexibility index (Phi) is 4.92. The van der Waals surface area contributed by atoms with Gasteiger partial charge in [-0.1, -0.05) is 20.8 Å². The first-order chi connectivity index (χ1) is 9.20. The minimum Gasteiger partial charge on any atom is -0.373 e. The van der Waals surface area contributed by atoms with Gasteiger partial charge in [-0.15, -0.1) is 0 Å².